The number of ether oxygens (including phenoxy) is 2. The number of alkyl halides is 2. The van der Waals surface area contributed by atoms with Gasteiger partial charge in [0.25, 0.3) is 5.92 Å². The van der Waals surface area contributed by atoms with Gasteiger partial charge in [0.05, 0.1) is 12.5 Å². The van der Waals surface area contributed by atoms with Crippen molar-refractivity contribution < 1.29 is 23.0 Å². The van der Waals surface area contributed by atoms with Gasteiger partial charge in [-0.05, 0) is 48.4 Å². The molecule has 0 atom stereocenters. The van der Waals surface area contributed by atoms with Gasteiger partial charge in [-0.25, -0.2) is 13.6 Å². The van der Waals surface area contributed by atoms with Gasteiger partial charge in [0.2, 0.25) is 0 Å². The van der Waals surface area contributed by atoms with Crippen molar-refractivity contribution in [3.05, 3.63) is 54.1 Å². The van der Waals surface area contributed by atoms with Gasteiger partial charge in [-0.2, -0.15) is 0 Å². The summed E-state index contributed by atoms with van der Waals surface area (Å²) in [6.45, 7) is 0.768. The van der Waals surface area contributed by atoms with Crippen LogP contribution in [0.2, 0.25) is 0 Å². The Labute approximate surface area is 162 Å². The highest BCUT2D eigenvalue weighted by atomic mass is 19.3. The molecule has 2 aromatic carbocycles. The van der Waals surface area contributed by atoms with Crippen LogP contribution in [-0.2, 0) is 6.42 Å². The largest absolute Gasteiger partial charge is 0.497 e. The molecule has 1 aliphatic heterocycles. The summed E-state index contributed by atoms with van der Waals surface area (Å²) in [7, 11) is 1.61. The first-order valence-electron chi connectivity index (χ1n) is 9.22. The number of amides is 2. The Morgan fingerprint density at radius 3 is 2.11 bits per heavy atom. The van der Waals surface area contributed by atoms with Gasteiger partial charge >= 0.3 is 6.03 Å². The minimum atomic E-state index is -2.58. The van der Waals surface area contributed by atoms with Gasteiger partial charge in [0.15, 0.2) is 0 Å². The number of benzene rings is 2. The minimum absolute atomic E-state index is 0.0886. The molecule has 28 heavy (non-hydrogen) atoms. The molecule has 2 aromatic rings. The van der Waals surface area contributed by atoms with Crippen molar-refractivity contribution in [2.45, 2.75) is 18.8 Å². The van der Waals surface area contributed by atoms with E-state index in [9.17, 15) is 13.6 Å². The van der Waals surface area contributed by atoms with Crippen molar-refractivity contribution in [3.63, 3.8) is 0 Å². The number of urea groups is 1. The fourth-order valence-electron chi connectivity index (χ4n) is 3.48. The van der Waals surface area contributed by atoms with Crippen LogP contribution in [0.1, 0.15) is 12.0 Å². The molecule has 1 N–H and O–H groups in total. The zero-order valence-corrected chi connectivity index (χ0v) is 15.6. The third-order valence-corrected chi connectivity index (χ3v) is 5.39. The Morgan fingerprint density at radius 2 is 1.57 bits per heavy atom. The van der Waals surface area contributed by atoms with Crippen molar-refractivity contribution in [2.24, 2.45) is 5.41 Å². The number of carbonyl (C=O) groups is 1. The van der Waals surface area contributed by atoms with E-state index in [0.29, 0.717) is 18.7 Å². The van der Waals surface area contributed by atoms with Crippen molar-refractivity contribution in [1.82, 2.24) is 10.2 Å². The third-order valence-electron chi connectivity index (χ3n) is 5.39. The number of likely N-dealkylation sites (tertiary alicyclic amines) is 1. The Morgan fingerprint density at radius 1 is 1.04 bits per heavy atom. The summed E-state index contributed by atoms with van der Waals surface area (Å²) in [6.07, 6.45) is 0.568. The van der Waals surface area contributed by atoms with Crippen LogP contribution >= 0.6 is 0 Å². The van der Waals surface area contributed by atoms with Crippen molar-refractivity contribution in [1.29, 1.82) is 0 Å². The zero-order chi connectivity index (χ0) is 19.8. The number of nitrogens with zero attached hydrogens (tertiary/aromatic N) is 1. The molecule has 0 radical (unpaired) electrons. The van der Waals surface area contributed by atoms with Crippen LogP contribution in [0.3, 0.4) is 0 Å². The monoisotopic (exact) mass is 388 g/mol. The SMILES string of the molecule is COc1ccc(Oc2ccc(CCNC(=O)N3CC4(C3)CC4(F)F)cc2)cc1. The van der Waals surface area contributed by atoms with Gasteiger partial charge < -0.3 is 19.7 Å². The standard InChI is InChI=1S/C21H22F2N2O3/c1-27-16-6-8-18(9-7-16)28-17-4-2-15(3-5-17)10-11-24-19(26)25-13-20(14-25)12-21(20,22)23/h2-9H,10-14H2,1H3,(H,24,26). The summed E-state index contributed by atoms with van der Waals surface area (Å²) in [6, 6.07) is 14.7. The lowest BCUT2D eigenvalue weighted by Crippen LogP contribution is -2.57. The van der Waals surface area contributed by atoms with Gasteiger partial charge in [-0.15, -0.1) is 0 Å². The molecular formula is C21H22F2N2O3. The highest BCUT2D eigenvalue weighted by Gasteiger charge is 2.76. The molecule has 0 bridgehead atoms. The number of rotatable bonds is 6. The van der Waals surface area contributed by atoms with E-state index >= 15 is 0 Å². The average molecular weight is 388 g/mol. The molecule has 1 aliphatic carbocycles. The molecule has 2 fully saturated rings. The molecule has 0 aromatic heterocycles. The van der Waals surface area contributed by atoms with Crippen molar-refractivity contribution >= 4 is 6.03 Å². The van der Waals surface area contributed by atoms with E-state index in [-0.39, 0.29) is 25.5 Å². The summed E-state index contributed by atoms with van der Waals surface area (Å²) in [5.74, 6) is -0.382. The maximum absolute atomic E-state index is 13.2. The molecule has 148 valence electrons. The van der Waals surface area contributed by atoms with Crippen LogP contribution in [0, 0.1) is 5.41 Å². The molecule has 1 spiro atoms. The molecule has 1 heterocycles. The van der Waals surface area contributed by atoms with E-state index in [1.807, 2.05) is 48.5 Å². The topological polar surface area (TPSA) is 50.8 Å². The van der Waals surface area contributed by atoms with E-state index < -0.39 is 11.3 Å². The second-order valence-corrected chi connectivity index (χ2v) is 7.42. The van der Waals surface area contributed by atoms with Crippen LogP contribution < -0.4 is 14.8 Å². The number of hydrogen-bond acceptors (Lipinski definition) is 3. The fraction of sp³-hybridized carbons (Fsp3) is 0.381. The average Bonchev–Trinajstić information content (AvgIpc) is 3.25. The molecular weight excluding hydrogens is 366 g/mol. The summed E-state index contributed by atoms with van der Waals surface area (Å²) < 4.78 is 37.2. The summed E-state index contributed by atoms with van der Waals surface area (Å²) in [5, 5.41) is 2.79. The lowest BCUT2D eigenvalue weighted by atomic mass is 9.96. The lowest BCUT2D eigenvalue weighted by molar-refractivity contribution is -0.00500. The van der Waals surface area contributed by atoms with Gasteiger partial charge in [0, 0.05) is 26.1 Å². The number of halogens is 2. The molecule has 1 saturated carbocycles. The van der Waals surface area contributed by atoms with Crippen LogP contribution in [-0.4, -0.2) is 43.6 Å². The molecule has 4 rings (SSSR count). The first-order valence-corrected chi connectivity index (χ1v) is 9.22. The van der Waals surface area contributed by atoms with E-state index in [4.69, 9.17) is 9.47 Å². The van der Waals surface area contributed by atoms with Gasteiger partial charge in [0.1, 0.15) is 17.2 Å². The molecule has 2 amide bonds. The van der Waals surface area contributed by atoms with E-state index in [0.717, 1.165) is 17.1 Å². The predicted molar refractivity (Wildman–Crippen MR) is 100 cm³/mol. The number of methoxy groups -OCH3 is 1. The lowest BCUT2D eigenvalue weighted by Gasteiger charge is -2.39. The van der Waals surface area contributed by atoms with Gasteiger partial charge in [-0.3, -0.25) is 0 Å². The molecule has 2 aliphatic rings. The Kier molecular flexibility index (Phi) is 4.61. The molecule has 0 unspecified atom stereocenters. The summed E-state index contributed by atoms with van der Waals surface area (Å²) in [5.41, 5.74) is 0.125. The highest BCUT2D eigenvalue weighted by Crippen LogP contribution is 2.65. The van der Waals surface area contributed by atoms with Crippen LogP contribution in [0.15, 0.2) is 48.5 Å². The second kappa shape index (κ2) is 6.96. The molecule has 1 saturated heterocycles. The van der Waals surface area contributed by atoms with E-state index in [1.165, 1.54) is 4.90 Å². The van der Waals surface area contributed by atoms with Crippen molar-refractivity contribution in [3.8, 4) is 17.2 Å². The smallest absolute Gasteiger partial charge is 0.317 e. The second-order valence-electron chi connectivity index (χ2n) is 7.42. The molecule has 5 nitrogen and oxygen atoms in total. The predicted octanol–water partition coefficient (Wildman–Crippen LogP) is 4.08. The van der Waals surface area contributed by atoms with E-state index in [2.05, 4.69) is 5.32 Å². The van der Waals surface area contributed by atoms with Gasteiger partial charge in [-0.1, -0.05) is 12.1 Å². The third kappa shape index (κ3) is 3.61. The number of hydrogen-bond donors (Lipinski definition) is 1. The Hall–Kier alpha value is -2.83. The van der Waals surface area contributed by atoms with Crippen LogP contribution in [0.25, 0.3) is 0 Å². The minimum Gasteiger partial charge on any atom is -0.497 e. The summed E-state index contributed by atoms with van der Waals surface area (Å²) in [4.78, 5) is 13.4. The van der Waals surface area contributed by atoms with E-state index in [1.54, 1.807) is 7.11 Å². The van der Waals surface area contributed by atoms with Crippen LogP contribution in [0.4, 0.5) is 13.6 Å². The highest BCUT2D eigenvalue weighted by molar-refractivity contribution is 5.75. The van der Waals surface area contributed by atoms with Crippen LogP contribution in [0.5, 0.6) is 17.2 Å². The zero-order valence-electron chi connectivity index (χ0n) is 15.6. The summed E-state index contributed by atoms with van der Waals surface area (Å²) >= 11 is 0. The Bertz CT molecular complexity index is 847. The maximum Gasteiger partial charge on any atom is 0.317 e. The molecule has 7 heteroatoms. The first-order chi connectivity index (χ1) is 13.4. The normalized spacial score (nSPS) is 18.3. The fourth-order valence-corrected chi connectivity index (χ4v) is 3.48. The first kappa shape index (κ1) is 18.5. The number of nitrogens with one attached hydrogen (secondary N) is 1. The maximum atomic E-state index is 13.2. The quantitative estimate of drug-likeness (QED) is 0.811. The van der Waals surface area contributed by atoms with Crippen molar-refractivity contribution in [2.75, 3.05) is 26.7 Å². The Balaban J connectivity index is 1.20. The number of carbonyl (C=O) groups excluding carboxylic acids is 1.